The molecule has 68 valence electrons. The number of aromatic nitrogens is 2. The highest BCUT2D eigenvalue weighted by Gasteiger charge is 1.91. The van der Waals surface area contributed by atoms with E-state index in [-0.39, 0.29) is 0 Å². The third-order valence-corrected chi connectivity index (χ3v) is 1.09. The van der Waals surface area contributed by atoms with E-state index in [1.165, 1.54) is 0 Å². The van der Waals surface area contributed by atoms with Crippen LogP contribution in [0.25, 0.3) is 0 Å². The molecule has 12 heavy (non-hydrogen) atoms. The van der Waals surface area contributed by atoms with Crippen LogP contribution in [0.4, 0.5) is 5.95 Å². The van der Waals surface area contributed by atoms with Gasteiger partial charge < -0.3 is 10.1 Å². The number of nitrogens with one attached hydrogen (secondary N) is 1. The van der Waals surface area contributed by atoms with Gasteiger partial charge in [0, 0.05) is 7.05 Å². The average Bonchev–Trinajstić information content (AvgIpc) is 2.21. The topological polar surface area (TPSA) is 47.0 Å². The number of hydrogen-bond acceptors (Lipinski definition) is 4. The van der Waals surface area contributed by atoms with Gasteiger partial charge in [0.1, 0.15) is 0 Å². The highest BCUT2D eigenvalue weighted by atomic mass is 16.5. The molecule has 0 spiro atoms. The second kappa shape index (κ2) is 6.39. The summed E-state index contributed by atoms with van der Waals surface area (Å²) in [7, 11) is 3.35. The fourth-order valence-electron chi connectivity index (χ4n) is 0.551. The first-order valence-electron chi connectivity index (χ1n) is 3.90. The Labute approximate surface area is 73.0 Å². The number of ether oxygens (including phenoxy) is 1. The van der Waals surface area contributed by atoms with Gasteiger partial charge in [-0.25, -0.2) is 9.97 Å². The van der Waals surface area contributed by atoms with Crippen molar-refractivity contribution in [1.29, 1.82) is 0 Å². The maximum absolute atomic E-state index is 4.86. The van der Waals surface area contributed by atoms with Gasteiger partial charge in [-0.3, -0.25) is 0 Å². The molecule has 0 saturated heterocycles. The molecule has 1 heterocycles. The lowest BCUT2D eigenvalue weighted by atomic mass is 10.6. The second-order valence-corrected chi connectivity index (χ2v) is 1.70. The smallest absolute Gasteiger partial charge is 0.222 e. The third kappa shape index (κ3) is 3.18. The summed E-state index contributed by atoms with van der Waals surface area (Å²) >= 11 is 0. The van der Waals surface area contributed by atoms with Gasteiger partial charge in [0.25, 0.3) is 0 Å². The van der Waals surface area contributed by atoms with Crippen LogP contribution in [0.3, 0.4) is 0 Å². The first kappa shape index (κ1) is 10.7. The van der Waals surface area contributed by atoms with E-state index in [1.54, 1.807) is 26.6 Å². The number of nitrogens with zero attached hydrogens (tertiary/aromatic N) is 2. The average molecular weight is 169 g/mol. The Morgan fingerprint density at radius 2 is 1.75 bits per heavy atom. The molecule has 0 bridgehead atoms. The molecular weight excluding hydrogens is 154 g/mol. The van der Waals surface area contributed by atoms with Gasteiger partial charge in [-0.1, -0.05) is 13.8 Å². The Bertz CT molecular complexity index is 175. The molecule has 1 N–H and O–H groups in total. The predicted molar refractivity (Wildman–Crippen MR) is 49.5 cm³/mol. The summed E-state index contributed by atoms with van der Waals surface area (Å²) in [6.45, 7) is 4.00. The number of anilines is 1. The van der Waals surface area contributed by atoms with Crippen molar-refractivity contribution in [2.75, 3.05) is 19.5 Å². The van der Waals surface area contributed by atoms with Crippen molar-refractivity contribution in [3.8, 4) is 5.75 Å². The molecule has 0 unspecified atom stereocenters. The maximum atomic E-state index is 4.86. The van der Waals surface area contributed by atoms with Crippen molar-refractivity contribution < 1.29 is 4.74 Å². The molecule has 1 aromatic heterocycles. The SMILES string of the molecule is CC.CNc1ncc(OC)cn1. The Hall–Kier alpha value is -1.32. The molecule has 4 nitrogen and oxygen atoms in total. The molecule has 0 saturated carbocycles. The lowest BCUT2D eigenvalue weighted by Crippen LogP contribution is -1.95. The Morgan fingerprint density at radius 1 is 1.25 bits per heavy atom. The predicted octanol–water partition coefficient (Wildman–Crippen LogP) is 1.55. The first-order valence-corrected chi connectivity index (χ1v) is 3.90. The van der Waals surface area contributed by atoms with Crippen LogP contribution in [0.15, 0.2) is 12.4 Å². The molecule has 0 aliphatic heterocycles. The normalized spacial score (nSPS) is 8.00. The Morgan fingerprint density at radius 3 is 2.08 bits per heavy atom. The van der Waals surface area contributed by atoms with Gasteiger partial charge in [0.15, 0.2) is 5.75 Å². The van der Waals surface area contributed by atoms with Crippen molar-refractivity contribution in [2.24, 2.45) is 0 Å². The molecule has 0 amide bonds. The minimum atomic E-state index is 0.598. The summed E-state index contributed by atoms with van der Waals surface area (Å²) in [5.74, 6) is 1.26. The summed E-state index contributed by atoms with van der Waals surface area (Å²) in [4.78, 5) is 7.84. The van der Waals surface area contributed by atoms with Gasteiger partial charge in [-0.15, -0.1) is 0 Å². The monoisotopic (exact) mass is 169 g/mol. The first-order chi connectivity index (χ1) is 5.86. The molecule has 0 aliphatic carbocycles. The fourth-order valence-corrected chi connectivity index (χ4v) is 0.551. The minimum absolute atomic E-state index is 0.598. The lowest BCUT2D eigenvalue weighted by molar-refractivity contribution is 0.411. The van der Waals surface area contributed by atoms with Crippen molar-refractivity contribution in [1.82, 2.24) is 9.97 Å². The van der Waals surface area contributed by atoms with Gasteiger partial charge >= 0.3 is 0 Å². The highest BCUT2D eigenvalue weighted by molar-refractivity contribution is 5.25. The van der Waals surface area contributed by atoms with Crippen LogP contribution in [-0.4, -0.2) is 24.1 Å². The van der Waals surface area contributed by atoms with E-state index in [4.69, 9.17) is 4.74 Å². The van der Waals surface area contributed by atoms with Crippen LogP contribution < -0.4 is 10.1 Å². The highest BCUT2D eigenvalue weighted by Crippen LogP contribution is 2.05. The number of rotatable bonds is 2. The quantitative estimate of drug-likeness (QED) is 0.729. The van der Waals surface area contributed by atoms with Gasteiger partial charge in [-0.05, 0) is 0 Å². The van der Waals surface area contributed by atoms with Crippen LogP contribution >= 0.6 is 0 Å². The molecule has 0 aromatic carbocycles. The molecule has 1 rings (SSSR count). The van der Waals surface area contributed by atoms with E-state index in [9.17, 15) is 0 Å². The summed E-state index contributed by atoms with van der Waals surface area (Å²) < 4.78 is 4.86. The fraction of sp³-hybridized carbons (Fsp3) is 0.500. The summed E-state index contributed by atoms with van der Waals surface area (Å²) in [6.07, 6.45) is 3.22. The van der Waals surface area contributed by atoms with E-state index < -0.39 is 0 Å². The van der Waals surface area contributed by atoms with Crippen LogP contribution in [0.1, 0.15) is 13.8 Å². The largest absolute Gasteiger partial charge is 0.494 e. The zero-order valence-corrected chi connectivity index (χ0v) is 7.96. The summed E-state index contributed by atoms with van der Waals surface area (Å²) in [5.41, 5.74) is 0. The molecule has 0 atom stereocenters. The van der Waals surface area contributed by atoms with E-state index >= 15 is 0 Å². The maximum Gasteiger partial charge on any atom is 0.222 e. The van der Waals surface area contributed by atoms with Crippen LogP contribution in [-0.2, 0) is 0 Å². The standard InChI is InChI=1S/C6H9N3O.C2H6/c1-7-6-8-3-5(10-2)4-9-6;1-2/h3-4H,1-2H3,(H,7,8,9);1-2H3. The van der Waals surface area contributed by atoms with Gasteiger partial charge in [0.2, 0.25) is 5.95 Å². The number of hydrogen-bond donors (Lipinski definition) is 1. The van der Waals surface area contributed by atoms with E-state index in [0.717, 1.165) is 0 Å². The lowest BCUT2D eigenvalue weighted by Gasteiger charge is -1.98. The van der Waals surface area contributed by atoms with Crippen molar-refractivity contribution >= 4 is 5.95 Å². The van der Waals surface area contributed by atoms with E-state index in [1.807, 2.05) is 13.8 Å². The zero-order valence-electron chi connectivity index (χ0n) is 7.96. The van der Waals surface area contributed by atoms with E-state index in [2.05, 4.69) is 15.3 Å². The molecular formula is C8H15N3O. The third-order valence-electron chi connectivity index (χ3n) is 1.09. The Kier molecular flexibility index (Phi) is 5.69. The second-order valence-electron chi connectivity index (χ2n) is 1.70. The summed E-state index contributed by atoms with van der Waals surface area (Å²) in [5, 5.41) is 2.80. The van der Waals surface area contributed by atoms with Crippen molar-refractivity contribution in [3.63, 3.8) is 0 Å². The Balaban J connectivity index is 0.000000561. The van der Waals surface area contributed by atoms with Crippen LogP contribution in [0.2, 0.25) is 0 Å². The van der Waals surface area contributed by atoms with Gasteiger partial charge in [-0.2, -0.15) is 0 Å². The van der Waals surface area contributed by atoms with Crippen LogP contribution in [0, 0.1) is 0 Å². The molecule has 0 radical (unpaired) electrons. The van der Waals surface area contributed by atoms with Crippen LogP contribution in [0.5, 0.6) is 5.75 Å². The molecule has 0 fully saturated rings. The number of methoxy groups -OCH3 is 1. The molecule has 4 heteroatoms. The van der Waals surface area contributed by atoms with E-state index in [0.29, 0.717) is 11.7 Å². The van der Waals surface area contributed by atoms with Crippen molar-refractivity contribution in [2.45, 2.75) is 13.8 Å². The van der Waals surface area contributed by atoms with Crippen molar-refractivity contribution in [3.05, 3.63) is 12.4 Å². The van der Waals surface area contributed by atoms with Gasteiger partial charge in [0.05, 0.1) is 19.5 Å². The zero-order chi connectivity index (χ0) is 9.40. The summed E-state index contributed by atoms with van der Waals surface area (Å²) in [6, 6.07) is 0. The molecule has 0 aliphatic rings. The minimum Gasteiger partial charge on any atom is -0.494 e. The molecule has 1 aromatic rings.